The molecule has 0 aromatic carbocycles. The molecule has 1 saturated carbocycles. The van der Waals surface area contributed by atoms with Crippen LogP contribution >= 0.6 is 0 Å². The number of aryl methyl sites for hydroxylation is 1. The SMILES string of the molecule is Cc1cccc(-n2cnc(NC(=O)[C@H]3CCC(CCC#N)C3)c2)n1. The van der Waals surface area contributed by atoms with E-state index >= 15 is 0 Å². The number of imidazole rings is 1. The van der Waals surface area contributed by atoms with Crippen molar-refractivity contribution in [2.75, 3.05) is 5.32 Å². The maximum Gasteiger partial charge on any atom is 0.228 e. The quantitative estimate of drug-likeness (QED) is 0.915. The van der Waals surface area contributed by atoms with E-state index in [0.717, 1.165) is 37.2 Å². The number of nitrogens with zero attached hydrogens (tertiary/aromatic N) is 4. The summed E-state index contributed by atoms with van der Waals surface area (Å²) in [5.41, 5.74) is 0.932. The molecule has 6 nitrogen and oxygen atoms in total. The fourth-order valence-corrected chi connectivity index (χ4v) is 3.26. The third kappa shape index (κ3) is 3.80. The van der Waals surface area contributed by atoms with E-state index in [0.29, 0.717) is 18.2 Å². The number of aromatic nitrogens is 3. The van der Waals surface area contributed by atoms with E-state index in [1.165, 1.54) is 0 Å². The molecule has 1 unspecified atom stereocenters. The molecule has 6 heteroatoms. The van der Waals surface area contributed by atoms with Gasteiger partial charge in [0.15, 0.2) is 5.82 Å². The van der Waals surface area contributed by atoms with Crippen molar-refractivity contribution < 1.29 is 4.79 Å². The van der Waals surface area contributed by atoms with Crippen LogP contribution in [-0.4, -0.2) is 20.4 Å². The average Bonchev–Trinajstić information content (AvgIpc) is 3.22. The number of pyridine rings is 1. The van der Waals surface area contributed by atoms with E-state index in [1.54, 1.807) is 17.1 Å². The molecule has 124 valence electrons. The number of nitrogens with one attached hydrogen (secondary N) is 1. The van der Waals surface area contributed by atoms with Gasteiger partial charge in [-0.25, -0.2) is 9.97 Å². The Morgan fingerprint density at radius 3 is 3.12 bits per heavy atom. The van der Waals surface area contributed by atoms with Gasteiger partial charge in [-0.15, -0.1) is 0 Å². The number of nitriles is 1. The number of carbonyl (C=O) groups is 1. The third-order valence-corrected chi connectivity index (χ3v) is 4.55. The van der Waals surface area contributed by atoms with Gasteiger partial charge in [0.25, 0.3) is 0 Å². The molecule has 2 aromatic heterocycles. The van der Waals surface area contributed by atoms with Crippen LogP contribution in [0.5, 0.6) is 0 Å². The first-order chi connectivity index (χ1) is 11.7. The Morgan fingerprint density at radius 2 is 2.33 bits per heavy atom. The van der Waals surface area contributed by atoms with Gasteiger partial charge >= 0.3 is 0 Å². The zero-order valence-electron chi connectivity index (χ0n) is 13.8. The molecule has 0 aliphatic heterocycles. The largest absolute Gasteiger partial charge is 0.309 e. The Labute approximate surface area is 141 Å². The van der Waals surface area contributed by atoms with Crippen LogP contribution in [0.3, 0.4) is 0 Å². The summed E-state index contributed by atoms with van der Waals surface area (Å²) >= 11 is 0. The molecular formula is C18H21N5O. The summed E-state index contributed by atoms with van der Waals surface area (Å²) in [5, 5.41) is 11.6. The minimum absolute atomic E-state index is 0.0240. The number of anilines is 1. The normalized spacial score (nSPS) is 19.8. The monoisotopic (exact) mass is 323 g/mol. The molecule has 1 aliphatic rings. The van der Waals surface area contributed by atoms with E-state index in [1.807, 2.05) is 25.1 Å². The first kappa shape index (κ1) is 16.2. The molecule has 2 aromatic rings. The van der Waals surface area contributed by atoms with Crippen molar-refractivity contribution in [3.8, 4) is 11.9 Å². The van der Waals surface area contributed by atoms with Crippen LogP contribution in [0.2, 0.25) is 0 Å². The highest BCUT2D eigenvalue weighted by Crippen LogP contribution is 2.34. The fourth-order valence-electron chi connectivity index (χ4n) is 3.26. The molecule has 1 aliphatic carbocycles. The van der Waals surface area contributed by atoms with Crippen LogP contribution in [0.4, 0.5) is 5.82 Å². The molecule has 3 rings (SSSR count). The van der Waals surface area contributed by atoms with E-state index in [2.05, 4.69) is 21.4 Å². The van der Waals surface area contributed by atoms with E-state index in [9.17, 15) is 4.79 Å². The van der Waals surface area contributed by atoms with Gasteiger partial charge in [-0.1, -0.05) is 6.07 Å². The van der Waals surface area contributed by atoms with Crippen molar-refractivity contribution >= 4 is 11.7 Å². The van der Waals surface area contributed by atoms with Crippen molar-refractivity contribution in [2.45, 2.75) is 39.0 Å². The predicted octanol–water partition coefficient (Wildman–Crippen LogP) is 3.23. The second kappa shape index (κ2) is 7.26. The maximum absolute atomic E-state index is 12.4. The smallest absolute Gasteiger partial charge is 0.228 e. The number of rotatable bonds is 5. The van der Waals surface area contributed by atoms with E-state index < -0.39 is 0 Å². The molecule has 0 radical (unpaired) electrons. The van der Waals surface area contributed by atoms with Crippen molar-refractivity contribution in [2.24, 2.45) is 11.8 Å². The van der Waals surface area contributed by atoms with Crippen molar-refractivity contribution in [1.29, 1.82) is 5.26 Å². The summed E-state index contributed by atoms with van der Waals surface area (Å²) in [7, 11) is 0. The van der Waals surface area contributed by atoms with Crippen LogP contribution in [0.25, 0.3) is 5.82 Å². The van der Waals surface area contributed by atoms with Crippen molar-refractivity contribution in [1.82, 2.24) is 14.5 Å². The van der Waals surface area contributed by atoms with Gasteiger partial charge in [0.05, 0.1) is 12.3 Å². The summed E-state index contributed by atoms with van der Waals surface area (Å²) in [6.07, 6.45) is 7.70. The Kier molecular flexibility index (Phi) is 4.90. The van der Waals surface area contributed by atoms with Crippen LogP contribution in [-0.2, 0) is 4.79 Å². The lowest BCUT2D eigenvalue weighted by molar-refractivity contribution is -0.119. The molecule has 0 bridgehead atoms. The lowest BCUT2D eigenvalue weighted by Crippen LogP contribution is -2.21. The van der Waals surface area contributed by atoms with Crippen LogP contribution < -0.4 is 5.32 Å². The first-order valence-electron chi connectivity index (χ1n) is 8.31. The molecule has 1 N–H and O–H groups in total. The molecule has 1 amide bonds. The topological polar surface area (TPSA) is 83.6 Å². The van der Waals surface area contributed by atoms with Gasteiger partial charge in [-0.3, -0.25) is 9.36 Å². The van der Waals surface area contributed by atoms with Gasteiger partial charge in [0, 0.05) is 18.0 Å². The van der Waals surface area contributed by atoms with Crippen molar-refractivity contribution in [3.05, 3.63) is 36.4 Å². The lowest BCUT2D eigenvalue weighted by atomic mass is 10.00. The second-order valence-electron chi connectivity index (χ2n) is 6.37. The summed E-state index contributed by atoms with van der Waals surface area (Å²) in [4.78, 5) is 21.1. The Morgan fingerprint density at radius 1 is 1.46 bits per heavy atom. The van der Waals surface area contributed by atoms with E-state index in [-0.39, 0.29) is 11.8 Å². The van der Waals surface area contributed by atoms with Crippen LogP contribution in [0, 0.1) is 30.1 Å². The zero-order chi connectivity index (χ0) is 16.9. The predicted molar refractivity (Wildman–Crippen MR) is 90.4 cm³/mol. The summed E-state index contributed by atoms with van der Waals surface area (Å²) in [5.74, 6) is 1.87. The third-order valence-electron chi connectivity index (χ3n) is 4.55. The Balaban J connectivity index is 1.59. The Hall–Kier alpha value is -2.68. The summed E-state index contributed by atoms with van der Waals surface area (Å²) < 4.78 is 1.80. The van der Waals surface area contributed by atoms with Crippen molar-refractivity contribution in [3.63, 3.8) is 0 Å². The lowest BCUT2D eigenvalue weighted by Gasteiger charge is -2.09. The molecule has 0 saturated heterocycles. The second-order valence-corrected chi connectivity index (χ2v) is 6.37. The number of carbonyl (C=O) groups excluding carboxylic acids is 1. The highest BCUT2D eigenvalue weighted by atomic mass is 16.1. The summed E-state index contributed by atoms with van der Waals surface area (Å²) in [6.45, 7) is 1.94. The van der Waals surface area contributed by atoms with Gasteiger partial charge < -0.3 is 5.32 Å². The molecule has 2 heterocycles. The molecule has 2 atom stereocenters. The van der Waals surface area contributed by atoms with Crippen LogP contribution in [0.1, 0.15) is 37.8 Å². The minimum atomic E-state index is 0.0240. The molecule has 24 heavy (non-hydrogen) atoms. The van der Waals surface area contributed by atoms with Gasteiger partial charge in [-0.05, 0) is 50.7 Å². The highest BCUT2D eigenvalue weighted by Gasteiger charge is 2.29. The Bertz CT molecular complexity index is 761. The molecule has 1 fully saturated rings. The highest BCUT2D eigenvalue weighted by molar-refractivity contribution is 5.91. The number of hydrogen-bond acceptors (Lipinski definition) is 4. The summed E-state index contributed by atoms with van der Waals surface area (Å²) in [6, 6.07) is 7.96. The maximum atomic E-state index is 12.4. The number of hydrogen-bond donors (Lipinski definition) is 1. The van der Waals surface area contributed by atoms with E-state index in [4.69, 9.17) is 5.26 Å². The molecule has 0 spiro atoms. The number of amides is 1. The van der Waals surface area contributed by atoms with Gasteiger partial charge in [0.2, 0.25) is 5.91 Å². The minimum Gasteiger partial charge on any atom is -0.309 e. The first-order valence-corrected chi connectivity index (χ1v) is 8.31. The fraction of sp³-hybridized carbons (Fsp3) is 0.444. The standard InChI is InChI=1S/C18H21N5O/c1-13-4-2-6-17(21-13)23-11-16(20-12-23)22-18(24)15-8-7-14(10-15)5-3-9-19/h2,4,6,11-12,14-15H,3,5,7-8,10H2,1H3,(H,22,24)/t14?,15-/m0/s1. The zero-order valence-corrected chi connectivity index (χ0v) is 13.8. The van der Waals surface area contributed by atoms with Crippen LogP contribution in [0.15, 0.2) is 30.7 Å². The van der Waals surface area contributed by atoms with Gasteiger partial charge in [-0.2, -0.15) is 5.26 Å². The molecular weight excluding hydrogens is 302 g/mol. The average molecular weight is 323 g/mol. The van der Waals surface area contributed by atoms with Gasteiger partial charge in [0.1, 0.15) is 12.1 Å².